The first-order chi connectivity index (χ1) is 12.7. The number of carbonyl (C=O) groups excluding carboxylic acids is 1. The molecule has 1 unspecified atom stereocenters. The minimum atomic E-state index is -0.465. The second kappa shape index (κ2) is 8.44. The van der Waals surface area contributed by atoms with Crippen molar-refractivity contribution in [2.24, 2.45) is 0 Å². The number of anilines is 2. The molecule has 3 rings (SSSR count). The number of amides is 1. The van der Waals surface area contributed by atoms with Crippen molar-refractivity contribution in [3.05, 3.63) is 42.5 Å². The van der Waals surface area contributed by atoms with Crippen molar-refractivity contribution in [1.82, 2.24) is 0 Å². The molecule has 2 N–H and O–H groups in total. The van der Waals surface area contributed by atoms with E-state index in [0.29, 0.717) is 36.1 Å². The fourth-order valence-corrected chi connectivity index (χ4v) is 2.47. The summed E-state index contributed by atoms with van der Waals surface area (Å²) in [5.74, 6) is 1.81. The van der Waals surface area contributed by atoms with Crippen molar-refractivity contribution in [2.45, 2.75) is 13.0 Å². The van der Waals surface area contributed by atoms with Gasteiger partial charge in [-0.05, 0) is 31.2 Å². The highest BCUT2D eigenvalue weighted by molar-refractivity contribution is 5.96. The van der Waals surface area contributed by atoms with Crippen molar-refractivity contribution < 1.29 is 23.7 Å². The van der Waals surface area contributed by atoms with Crippen LogP contribution in [-0.4, -0.2) is 39.1 Å². The van der Waals surface area contributed by atoms with E-state index in [1.54, 1.807) is 32.2 Å². The summed E-state index contributed by atoms with van der Waals surface area (Å²) in [5, 5.41) is 6.04. The van der Waals surface area contributed by atoms with Crippen LogP contribution in [-0.2, 0) is 9.53 Å². The number of para-hydroxylation sites is 2. The molecule has 2 aromatic rings. The first kappa shape index (κ1) is 17.9. The number of ether oxygens (including phenoxy) is 4. The van der Waals surface area contributed by atoms with Crippen molar-refractivity contribution in [1.29, 1.82) is 0 Å². The van der Waals surface area contributed by atoms with E-state index in [0.717, 1.165) is 5.69 Å². The highest BCUT2D eigenvalue weighted by Crippen LogP contribution is 2.34. The van der Waals surface area contributed by atoms with Gasteiger partial charge in [0, 0.05) is 18.9 Å². The summed E-state index contributed by atoms with van der Waals surface area (Å²) in [6.45, 7) is 2.92. The number of nitrogens with one attached hydrogen (secondary N) is 2. The van der Waals surface area contributed by atoms with E-state index in [1.807, 2.05) is 24.3 Å². The largest absolute Gasteiger partial charge is 0.489 e. The maximum absolute atomic E-state index is 12.5. The fraction of sp³-hybridized carbons (Fsp3) is 0.316. The first-order valence-corrected chi connectivity index (χ1v) is 8.35. The van der Waals surface area contributed by atoms with E-state index in [4.69, 9.17) is 18.9 Å². The fourth-order valence-electron chi connectivity index (χ4n) is 2.47. The Morgan fingerprint density at radius 3 is 2.81 bits per heavy atom. The van der Waals surface area contributed by atoms with Crippen molar-refractivity contribution in [2.75, 3.05) is 37.8 Å². The molecule has 26 heavy (non-hydrogen) atoms. The van der Waals surface area contributed by atoms with Crippen LogP contribution >= 0.6 is 0 Å². The van der Waals surface area contributed by atoms with Crippen molar-refractivity contribution in [3.8, 4) is 17.2 Å². The molecule has 138 valence electrons. The second-order valence-electron chi connectivity index (χ2n) is 5.76. The zero-order valence-corrected chi connectivity index (χ0v) is 14.8. The molecule has 1 aliphatic heterocycles. The van der Waals surface area contributed by atoms with E-state index in [-0.39, 0.29) is 12.7 Å². The Bertz CT molecular complexity index is 765. The molecule has 0 bridgehead atoms. The van der Waals surface area contributed by atoms with Crippen molar-refractivity contribution in [3.63, 3.8) is 0 Å². The topological polar surface area (TPSA) is 78.1 Å². The number of carbonyl (C=O) groups is 1. The third kappa shape index (κ3) is 4.37. The van der Waals surface area contributed by atoms with Crippen LogP contribution in [0.15, 0.2) is 42.5 Å². The van der Waals surface area contributed by atoms with Gasteiger partial charge in [-0.15, -0.1) is 0 Å². The zero-order chi connectivity index (χ0) is 18.4. The Morgan fingerprint density at radius 1 is 1.15 bits per heavy atom. The van der Waals surface area contributed by atoms with Gasteiger partial charge in [-0.25, -0.2) is 0 Å². The molecule has 1 amide bonds. The summed E-state index contributed by atoms with van der Waals surface area (Å²) in [5.41, 5.74) is 1.40. The van der Waals surface area contributed by atoms with Gasteiger partial charge >= 0.3 is 0 Å². The van der Waals surface area contributed by atoms with Crippen LogP contribution in [0.5, 0.6) is 17.2 Å². The van der Waals surface area contributed by atoms with Crippen LogP contribution in [0.25, 0.3) is 0 Å². The summed E-state index contributed by atoms with van der Waals surface area (Å²) in [6, 6.07) is 12.3. The average molecular weight is 358 g/mol. The van der Waals surface area contributed by atoms with E-state index >= 15 is 0 Å². The lowest BCUT2D eigenvalue weighted by atomic mass is 10.2. The Labute approximate surface area is 152 Å². The molecule has 1 atom stereocenters. The summed E-state index contributed by atoms with van der Waals surface area (Å²) < 4.78 is 21.3. The molecular formula is C19H22N2O5. The van der Waals surface area contributed by atoms with E-state index in [1.165, 1.54) is 0 Å². The average Bonchev–Trinajstić information content (AvgIpc) is 3.11. The highest BCUT2D eigenvalue weighted by atomic mass is 16.7. The van der Waals surface area contributed by atoms with Gasteiger partial charge < -0.3 is 29.6 Å². The van der Waals surface area contributed by atoms with Gasteiger partial charge in [0.05, 0.1) is 12.3 Å². The summed E-state index contributed by atoms with van der Waals surface area (Å²) >= 11 is 0. The molecule has 7 nitrogen and oxygen atoms in total. The molecule has 0 radical (unpaired) electrons. The Hall–Kier alpha value is -2.93. The third-order valence-corrected chi connectivity index (χ3v) is 3.84. The predicted octanol–water partition coefficient (Wildman–Crippen LogP) is 2.88. The van der Waals surface area contributed by atoms with Crippen LogP contribution in [0.2, 0.25) is 0 Å². The van der Waals surface area contributed by atoms with Gasteiger partial charge in [-0.1, -0.05) is 12.1 Å². The van der Waals surface area contributed by atoms with Gasteiger partial charge in [0.1, 0.15) is 18.4 Å². The first-order valence-electron chi connectivity index (χ1n) is 8.35. The standard InChI is InChI=1S/C19H22N2O5/c1-13(20-15-5-3-4-6-16(15)24-10-9-23-2)19(22)21-14-7-8-17-18(11-14)26-12-25-17/h3-8,11,13,20H,9-10,12H2,1-2H3,(H,21,22). The minimum absolute atomic E-state index is 0.171. The molecule has 0 fully saturated rings. The third-order valence-electron chi connectivity index (χ3n) is 3.84. The quantitative estimate of drug-likeness (QED) is 0.707. The molecule has 0 saturated carbocycles. The summed E-state index contributed by atoms with van der Waals surface area (Å²) in [6.07, 6.45) is 0. The van der Waals surface area contributed by atoms with E-state index < -0.39 is 6.04 Å². The molecule has 7 heteroatoms. The minimum Gasteiger partial charge on any atom is -0.489 e. The molecule has 0 aliphatic carbocycles. The molecule has 0 aromatic heterocycles. The predicted molar refractivity (Wildman–Crippen MR) is 98.1 cm³/mol. The number of rotatable bonds is 8. The summed E-state index contributed by atoms with van der Waals surface area (Å²) in [4.78, 5) is 12.5. The van der Waals surface area contributed by atoms with Crippen LogP contribution in [0, 0.1) is 0 Å². The van der Waals surface area contributed by atoms with Crippen LogP contribution in [0.1, 0.15) is 6.92 Å². The number of hydrogen-bond donors (Lipinski definition) is 2. The SMILES string of the molecule is COCCOc1ccccc1NC(C)C(=O)Nc1ccc2c(c1)OCO2. The van der Waals surface area contributed by atoms with E-state index in [9.17, 15) is 4.79 Å². The number of fused-ring (bicyclic) bond motifs is 1. The van der Waals surface area contributed by atoms with Crippen LogP contribution in [0.4, 0.5) is 11.4 Å². The Morgan fingerprint density at radius 2 is 1.96 bits per heavy atom. The number of benzene rings is 2. The molecule has 0 spiro atoms. The monoisotopic (exact) mass is 358 g/mol. The van der Waals surface area contributed by atoms with Crippen LogP contribution < -0.4 is 24.8 Å². The highest BCUT2D eigenvalue weighted by Gasteiger charge is 2.17. The number of methoxy groups -OCH3 is 1. The van der Waals surface area contributed by atoms with E-state index in [2.05, 4.69) is 10.6 Å². The van der Waals surface area contributed by atoms with Gasteiger partial charge in [0.15, 0.2) is 11.5 Å². The molecule has 0 saturated heterocycles. The summed E-state index contributed by atoms with van der Waals surface area (Å²) in [7, 11) is 1.62. The Kier molecular flexibility index (Phi) is 5.80. The maximum Gasteiger partial charge on any atom is 0.246 e. The van der Waals surface area contributed by atoms with Gasteiger partial charge in [-0.2, -0.15) is 0 Å². The lowest BCUT2D eigenvalue weighted by molar-refractivity contribution is -0.116. The van der Waals surface area contributed by atoms with Gasteiger partial charge in [-0.3, -0.25) is 4.79 Å². The second-order valence-corrected chi connectivity index (χ2v) is 5.76. The zero-order valence-electron chi connectivity index (χ0n) is 14.8. The maximum atomic E-state index is 12.5. The number of hydrogen-bond acceptors (Lipinski definition) is 6. The molecule has 2 aromatic carbocycles. The smallest absolute Gasteiger partial charge is 0.246 e. The van der Waals surface area contributed by atoms with Gasteiger partial charge in [0.25, 0.3) is 0 Å². The Balaban J connectivity index is 1.61. The molecule has 1 aliphatic rings. The normalized spacial score (nSPS) is 13.2. The van der Waals surface area contributed by atoms with Crippen LogP contribution in [0.3, 0.4) is 0 Å². The van der Waals surface area contributed by atoms with Crippen molar-refractivity contribution >= 4 is 17.3 Å². The molecular weight excluding hydrogens is 336 g/mol. The lowest BCUT2D eigenvalue weighted by Gasteiger charge is -2.18. The molecule has 1 heterocycles. The van der Waals surface area contributed by atoms with Gasteiger partial charge in [0.2, 0.25) is 12.7 Å². The lowest BCUT2D eigenvalue weighted by Crippen LogP contribution is -2.32.